The minimum atomic E-state index is -0.303. The van der Waals surface area contributed by atoms with Crippen molar-refractivity contribution in [3.63, 3.8) is 0 Å². The summed E-state index contributed by atoms with van der Waals surface area (Å²) in [5.41, 5.74) is 0.606. The summed E-state index contributed by atoms with van der Waals surface area (Å²) in [6, 6.07) is 4.60. The number of aryl methyl sites for hydroxylation is 1. The number of halogens is 2. The zero-order valence-corrected chi connectivity index (χ0v) is 9.45. The van der Waals surface area contributed by atoms with E-state index in [1.54, 1.807) is 13.0 Å². The Hall–Kier alpha value is -0.980. The molecule has 1 aromatic heterocycles. The Balaban J connectivity index is 2.51. The predicted molar refractivity (Wildman–Crippen MR) is 57.1 cm³/mol. The van der Waals surface area contributed by atoms with E-state index >= 15 is 0 Å². The molecule has 0 amide bonds. The molecule has 5 heteroatoms. The molecule has 0 aliphatic heterocycles. The highest BCUT2D eigenvalue weighted by Crippen LogP contribution is 2.20. The standard InChI is InChI=1S/C9H6FIN2O/c1-5-12-9(14-13-5)6-2-7(10)4-8(11)3-6/h2-4H,1H3. The minimum Gasteiger partial charge on any atom is -0.334 e. The smallest absolute Gasteiger partial charge is 0.258 e. The molecule has 0 saturated carbocycles. The van der Waals surface area contributed by atoms with E-state index < -0.39 is 0 Å². The molecule has 0 radical (unpaired) electrons. The van der Waals surface area contributed by atoms with Crippen molar-refractivity contribution < 1.29 is 8.91 Å². The van der Waals surface area contributed by atoms with Crippen LogP contribution in [0.2, 0.25) is 0 Å². The lowest BCUT2D eigenvalue weighted by Gasteiger charge is -1.96. The van der Waals surface area contributed by atoms with Crippen molar-refractivity contribution in [2.24, 2.45) is 0 Å². The largest absolute Gasteiger partial charge is 0.334 e. The van der Waals surface area contributed by atoms with Crippen LogP contribution in [0.5, 0.6) is 0 Å². The average Bonchev–Trinajstić information content (AvgIpc) is 2.50. The zero-order chi connectivity index (χ0) is 10.1. The highest BCUT2D eigenvalue weighted by molar-refractivity contribution is 14.1. The van der Waals surface area contributed by atoms with Gasteiger partial charge < -0.3 is 4.52 Å². The van der Waals surface area contributed by atoms with Gasteiger partial charge in [-0.05, 0) is 47.7 Å². The predicted octanol–water partition coefficient (Wildman–Crippen LogP) is 2.79. The van der Waals surface area contributed by atoms with Crippen molar-refractivity contribution in [3.05, 3.63) is 33.4 Å². The van der Waals surface area contributed by atoms with Gasteiger partial charge in [0.05, 0.1) is 0 Å². The Morgan fingerprint density at radius 3 is 2.71 bits per heavy atom. The first kappa shape index (κ1) is 9.57. The molecule has 2 aromatic rings. The molecule has 0 saturated heterocycles. The number of nitrogens with zero attached hydrogens (tertiary/aromatic N) is 2. The first-order chi connectivity index (χ1) is 6.65. The maximum atomic E-state index is 13.0. The highest BCUT2D eigenvalue weighted by atomic mass is 127. The number of hydrogen-bond donors (Lipinski definition) is 0. The number of hydrogen-bond acceptors (Lipinski definition) is 3. The Bertz CT molecular complexity index is 449. The van der Waals surface area contributed by atoms with Gasteiger partial charge in [-0.15, -0.1) is 0 Å². The second kappa shape index (κ2) is 3.64. The lowest BCUT2D eigenvalue weighted by Crippen LogP contribution is -1.83. The van der Waals surface area contributed by atoms with Crippen LogP contribution >= 0.6 is 22.6 Å². The molecule has 1 heterocycles. The lowest BCUT2D eigenvalue weighted by molar-refractivity contribution is 0.425. The van der Waals surface area contributed by atoms with Crippen LogP contribution < -0.4 is 0 Å². The fraction of sp³-hybridized carbons (Fsp3) is 0.111. The van der Waals surface area contributed by atoms with E-state index in [4.69, 9.17) is 4.52 Å². The van der Waals surface area contributed by atoms with Crippen LogP contribution in [0.15, 0.2) is 22.7 Å². The quantitative estimate of drug-likeness (QED) is 0.761. The van der Waals surface area contributed by atoms with Gasteiger partial charge in [-0.25, -0.2) is 4.39 Å². The molecule has 3 nitrogen and oxygen atoms in total. The van der Waals surface area contributed by atoms with E-state index in [0.717, 1.165) is 3.57 Å². The third kappa shape index (κ3) is 1.92. The topological polar surface area (TPSA) is 38.9 Å². The summed E-state index contributed by atoms with van der Waals surface area (Å²) in [6.07, 6.45) is 0. The van der Waals surface area contributed by atoms with E-state index in [9.17, 15) is 4.39 Å². The Kier molecular flexibility index (Phi) is 2.49. The van der Waals surface area contributed by atoms with Crippen LogP contribution in [0.1, 0.15) is 5.82 Å². The third-order valence-electron chi connectivity index (χ3n) is 1.64. The third-order valence-corrected chi connectivity index (χ3v) is 2.26. The average molecular weight is 304 g/mol. The normalized spacial score (nSPS) is 10.5. The summed E-state index contributed by atoms with van der Waals surface area (Å²) >= 11 is 2.03. The second-order valence-corrected chi connectivity index (χ2v) is 4.05. The Morgan fingerprint density at radius 1 is 1.36 bits per heavy atom. The van der Waals surface area contributed by atoms with Crippen molar-refractivity contribution in [2.45, 2.75) is 6.92 Å². The molecule has 72 valence electrons. The Labute approximate surface area is 93.5 Å². The van der Waals surface area contributed by atoms with Gasteiger partial charge in [-0.2, -0.15) is 4.98 Å². The van der Waals surface area contributed by atoms with Crippen molar-refractivity contribution in [1.29, 1.82) is 0 Å². The maximum absolute atomic E-state index is 13.0. The van der Waals surface area contributed by atoms with Gasteiger partial charge in [-0.1, -0.05) is 5.16 Å². The first-order valence-electron chi connectivity index (χ1n) is 3.92. The molecule has 0 aliphatic rings. The summed E-state index contributed by atoms with van der Waals surface area (Å²) < 4.78 is 18.8. The van der Waals surface area contributed by atoms with E-state index in [2.05, 4.69) is 10.1 Å². The van der Waals surface area contributed by atoms with Crippen molar-refractivity contribution in [3.8, 4) is 11.5 Å². The molecule has 0 spiro atoms. The summed E-state index contributed by atoms with van der Waals surface area (Å²) in [7, 11) is 0. The molecule has 0 bridgehead atoms. The monoisotopic (exact) mass is 304 g/mol. The summed E-state index contributed by atoms with van der Waals surface area (Å²) in [5, 5.41) is 3.64. The maximum Gasteiger partial charge on any atom is 0.258 e. The molecular weight excluding hydrogens is 298 g/mol. The highest BCUT2D eigenvalue weighted by Gasteiger charge is 2.08. The van der Waals surface area contributed by atoms with Gasteiger partial charge in [-0.3, -0.25) is 0 Å². The molecule has 0 fully saturated rings. The number of aromatic nitrogens is 2. The van der Waals surface area contributed by atoms with Crippen LogP contribution in [-0.4, -0.2) is 10.1 Å². The number of rotatable bonds is 1. The molecule has 2 rings (SSSR count). The molecule has 0 atom stereocenters. The molecule has 0 N–H and O–H groups in total. The van der Waals surface area contributed by atoms with Gasteiger partial charge in [0, 0.05) is 9.13 Å². The fourth-order valence-corrected chi connectivity index (χ4v) is 1.72. The van der Waals surface area contributed by atoms with Gasteiger partial charge in [0.15, 0.2) is 5.82 Å². The van der Waals surface area contributed by atoms with Crippen LogP contribution in [0.3, 0.4) is 0 Å². The Morgan fingerprint density at radius 2 is 2.14 bits per heavy atom. The molecular formula is C9H6FIN2O. The van der Waals surface area contributed by atoms with Gasteiger partial charge in [0.2, 0.25) is 0 Å². The van der Waals surface area contributed by atoms with Crippen molar-refractivity contribution >= 4 is 22.6 Å². The van der Waals surface area contributed by atoms with Gasteiger partial charge >= 0.3 is 0 Å². The summed E-state index contributed by atoms with van der Waals surface area (Å²) in [6.45, 7) is 1.72. The summed E-state index contributed by atoms with van der Waals surface area (Å²) in [5.74, 6) is 0.585. The van der Waals surface area contributed by atoms with Crippen LogP contribution in [0.4, 0.5) is 4.39 Å². The molecule has 1 aromatic carbocycles. The van der Waals surface area contributed by atoms with E-state index in [1.165, 1.54) is 12.1 Å². The summed E-state index contributed by atoms with van der Waals surface area (Å²) in [4.78, 5) is 4.02. The first-order valence-corrected chi connectivity index (χ1v) is 5.00. The lowest BCUT2D eigenvalue weighted by atomic mass is 10.2. The fourth-order valence-electron chi connectivity index (χ4n) is 1.09. The van der Waals surface area contributed by atoms with Crippen LogP contribution in [-0.2, 0) is 0 Å². The second-order valence-electron chi connectivity index (χ2n) is 2.80. The van der Waals surface area contributed by atoms with Gasteiger partial charge in [0.1, 0.15) is 5.82 Å². The van der Waals surface area contributed by atoms with Crippen LogP contribution in [0, 0.1) is 16.3 Å². The SMILES string of the molecule is Cc1noc(-c2cc(F)cc(I)c2)n1. The number of benzene rings is 1. The van der Waals surface area contributed by atoms with E-state index in [1.807, 2.05) is 22.6 Å². The van der Waals surface area contributed by atoms with E-state index in [-0.39, 0.29) is 5.82 Å². The van der Waals surface area contributed by atoms with E-state index in [0.29, 0.717) is 17.3 Å². The van der Waals surface area contributed by atoms with Gasteiger partial charge in [0.25, 0.3) is 5.89 Å². The molecule has 14 heavy (non-hydrogen) atoms. The van der Waals surface area contributed by atoms with Crippen molar-refractivity contribution in [1.82, 2.24) is 10.1 Å². The molecule has 0 aliphatic carbocycles. The molecule has 0 unspecified atom stereocenters. The van der Waals surface area contributed by atoms with Crippen molar-refractivity contribution in [2.75, 3.05) is 0 Å². The van der Waals surface area contributed by atoms with Crippen LogP contribution in [0.25, 0.3) is 11.5 Å². The minimum absolute atomic E-state index is 0.303. The zero-order valence-electron chi connectivity index (χ0n) is 7.29.